The molecule has 1 amide bonds. The van der Waals surface area contributed by atoms with Gasteiger partial charge in [-0.15, -0.1) is 0 Å². The number of carbonyl (C=O) groups excluding carboxylic acids is 1. The Morgan fingerprint density at radius 1 is 0.941 bits per heavy atom. The van der Waals surface area contributed by atoms with E-state index in [0.29, 0.717) is 21.5 Å². The monoisotopic (exact) mass is 522 g/mol. The molecule has 0 spiro atoms. The molecule has 34 heavy (non-hydrogen) atoms. The molecule has 0 radical (unpaired) electrons. The van der Waals surface area contributed by atoms with E-state index in [2.05, 4.69) is 10.0 Å². The summed E-state index contributed by atoms with van der Waals surface area (Å²) in [5.41, 5.74) is 2.12. The van der Waals surface area contributed by atoms with Crippen LogP contribution in [0.1, 0.15) is 24.0 Å². The number of sulfonamides is 1. The van der Waals surface area contributed by atoms with Gasteiger partial charge in [-0.2, -0.15) is 0 Å². The van der Waals surface area contributed by atoms with E-state index in [4.69, 9.17) is 32.7 Å². The zero-order valence-corrected chi connectivity index (χ0v) is 21.1. The van der Waals surface area contributed by atoms with Crippen LogP contribution in [0.5, 0.6) is 11.5 Å². The molecule has 0 saturated heterocycles. The van der Waals surface area contributed by atoms with Gasteiger partial charge in [0.25, 0.3) is 0 Å². The maximum absolute atomic E-state index is 12.7. The zero-order chi connectivity index (χ0) is 24.9. The van der Waals surface area contributed by atoms with Gasteiger partial charge in [-0.05, 0) is 47.5 Å². The summed E-state index contributed by atoms with van der Waals surface area (Å²) in [5, 5.41) is 3.85. The fourth-order valence-electron chi connectivity index (χ4n) is 3.42. The highest BCUT2D eigenvalue weighted by atomic mass is 35.5. The Balaban J connectivity index is 1.76. The van der Waals surface area contributed by atoms with Gasteiger partial charge >= 0.3 is 0 Å². The lowest BCUT2D eigenvalue weighted by Gasteiger charge is -2.19. The molecule has 3 aromatic rings. The molecule has 10 heteroatoms. The predicted molar refractivity (Wildman–Crippen MR) is 134 cm³/mol. The van der Waals surface area contributed by atoms with Crippen molar-refractivity contribution in [2.24, 2.45) is 0 Å². The van der Waals surface area contributed by atoms with Crippen LogP contribution in [0.25, 0.3) is 0 Å². The van der Waals surface area contributed by atoms with Crippen molar-refractivity contribution in [1.82, 2.24) is 4.72 Å². The summed E-state index contributed by atoms with van der Waals surface area (Å²) in [7, 11) is -1.12. The average Bonchev–Trinajstić information content (AvgIpc) is 2.83. The number of hydrogen-bond donors (Lipinski definition) is 2. The molecule has 0 fully saturated rings. The molecule has 3 rings (SSSR count). The van der Waals surface area contributed by atoms with E-state index in [9.17, 15) is 13.2 Å². The van der Waals surface area contributed by atoms with Gasteiger partial charge in [0, 0.05) is 27.7 Å². The smallest absolute Gasteiger partial charge is 0.241 e. The molecule has 0 aliphatic carbocycles. The van der Waals surface area contributed by atoms with Crippen LogP contribution in [-0.4, -0.2) is 35.1 Å². The van der Waals surface area contributed by atoms with Gasteiger partial charge in [0.05, 0.1) is 25.7 Å². The molecular formula is C24H24Cl2N2O5S. The van der Waals surface area contributed by atoms with Crippen LogP contribution in [0, 0.1) is 0 Å². The van der Waals surface area contributed by atoms with Crippen molar-refractivity contribution in [2.45, 2.75) is 17.7 Å². The number of methoxy groups -OCH3 is 2. The Labute approximate surface area is 209 Å². The van der Waals surface area contributed by atoms with Gasteiger partial charge in [0.15, 0.2) is 11.5 Å². The molecule has 0 aromatic heterocycles. The SMILES string of the molecule is COc1ccc(S(=O)(=O)NCC(=O)Nc2ccc(Cl)cc2C(C)c2ccccc2Cl)cc1OC. The van der Waals surface area contributed by atoms with E-state index < -0.39 is 22.5 Å². The van der Waals surface area contributed by atoms with Crippen molar-refractivity contribution in [3.8, 4) is 11.5 Å². The summed E-state index contributed by atoms with van der Waals surface area (Å²) < 4.78 is 37.9. The molecular weight excluding hydrogens is 499 g/mol. The van der Waals surface area contributed by atoms with Crippen molar-refractivity contribution in [2.75, 3.05) is 26.1 Å². The number of halogens is 2. The van der Waals surface area contributed by atoms with Crippen LogP contribution in [0.2, 0.25) is 10.0 Å². The van der Waals surface area contributed by atoms with Gasteiger partial charge < -0.3 is 14.8 Å². The first-order valence-corrected chi connectivity index (χ1v) is 12.5. The minimum Gasteiger partial charge on any atom is -0.493 e. The number of ether oxygens (including phenoxy) is 2. The molecule has 0 aliphatic rings. The van der Waals surface area contributed by atoms with Crippen molar-refractivity contribution in [1.29, 1.82) is 0 Å². The van der Waals surface area contributed by atoms with Crippen molar-refractivity contribution < 1.29 is 22.7 Å². The summed E-state index contributed by atoms with van der Waals surface area (Å²) in [6.07, 6.45) is 0. The molecule has 0 aliphatic heterocycles. The van der Waals surface area contributed by atoms with E-state index in [-0.39, 0.29) is 16.6 Å². The molecule has 0 saturated carbocycles. The second kappa shape index (κ2) is 11.1. The maximum atomic E-state index is 12.7. The Hall–Kier alpha value is -2.78. The minimum atomic E-state index is -3.97. The molecule has 0 heterocycles. The molecule has 7 nitrogen and oxygen atoms in total. The Kier molecular flexibility index (Phi) is 8.43. The quantitative estimate of drug-likeness (QED) is 0.408. The number of anilines is 1. The summed E-state index contributed by atoms with van der Waals surface area (Å²) in [4.78, 5) is 12.6. The summed E-state index contributed by atoms with van der Waals surface area (Å²) in [6, 6.07) is 16.6. The van der Waals surface area contributed by atoms with Crippen LogP contribution in [0.3, 0.4) is 0 Å². The number of hydrogen-bond acceptors (Lipinski definition) is 5. The van der Waals surface area contributed by atoms with E-state index in [1.54, 1.807) is 24.3 Å². The normalized spacial score (nSPS) is 12.1. The third-order valence-electron chi connectivity index (χ3n) is 5.21. The molecule has 3 aromatic carbocycles. The van der Waals surface area contributed by atoms with Crippen LogP contribution >= 0.6 is 23.2 Å². The first-order chi connectivity index (χ1) is 16.2. The highest BCUT2D eigenvalue weighted by Gasteiger charge is 2.20. The largest absolute Gasteiger partial charge is 0.493 e. The summed E-state index contributed by atoms with van der Waals surface area (Å²) in [5.74, 6) is -0.0681. The Morgan fingerprint density at radius 2 is 1.65 bits per heavy atom. The summed E-state index contributed by atoms with van der Waals surface area (Å²) in [6.45, 7) is 1.47. The highest BCUT2D eigenvalue weighted by Crippen LogP contribution is 2.35. The molecule has 1 unspecified atom stereocenters. The van der Waals surface area contributed by atoms with E-state index in [1.165, 1.54) is 32.4 Å². The topological polar surface area (TPSA) is 93.7 Å². The number of benzene rings is 3. The van der Waals surface area contributed by atoms with Crippen LogP contribution in [-0.2, 0) is 14.8 Å². The van der Waals surface area contributed by atoms with Gasteiger partial charge in [-0.1, -0.05) is 48.3 Å². The Morgan fingerprint density at radius 3 is 2.32 bits per heavy atom. The van der Waals surface area contributed by atoms with Crippen LogP contribution < -0.4 is 19.5 Å². The Bertz CT molecular complexity index is 1300. The standard InChI is InChI=1S/C24H24Cl2N2O5S/c1-15(18-6-4-5-7-20(18)26)19-12-16(25)8-10-21(19)28-24(29)14-27-34(30,31)17-9-11-22(32-2)23(13-17)33-3/h4-13,15,27H,14H2,1-3H3,(H,28,29). The fraction of sp³-hybridized carbons (Fsp3) is 0.208. The second-order valence-corrected chi connectivity index (χ2v) is 9.97. The minimum absolute atomic E-state index is 0.0579. The first-order valence-electron chi connectivity index (χ1n) is 10.2. The molecule has 2 N–H and O–H groups in total. The van der Waals surface area contributed by atoms with Crippen molar-refractivity contribution in [3.63, 3.8) is 0 Å². The zero-order valence-electron chi connectivity index (χ0n) is 18.8. The average molecular weight is 523 g/mol. The van der Waals surface area contributed by atoms with Gasteiger partial charge in [-0.25, -0.2) is 13.1 Å². The van der Waals surface area contributed by atoms with Gasteiger partial charge in [0.2, 0.25) is 15.9 Å². The van der Waals surface area contributed by atoms with Crippen molar-refractivity contribution >= 4 is 44.8 Å². The van der Waals surface area contributed by atoms with Crippen LogP contribution in [0.4, 0.5) is 5.69 Å². The number of rotatable bonds is 9. The third-order valence-corrected chi connectivity index (χ3v) is 7.19. The van der Waals surface area contributed by atoms with Gasteiger partial charge in [0.1, 0.15) is 0 Å². The lowest BCUT2D eigenvalue weighted by molar-refractivity contribution is -0.115. The molecule has 0 bridgehead atoms. The van der Waals surface area contributed by atoms with Gasteiger partial charge in [-0.3, -0.25) is 4.79 Å². The number of carbonyl (C=O) groups is 1. The maximum Gasteiger partial charge on any atom is 0.241 e. The molecule has 1 atom stereocenters. The fourth-order valence-corrected chi connectivity index (χ4v) is 4.90. The predicted octanol–water partition coefficient (Wildman–Crippen LogP) is 5.08. The highest BCUT2D eigenvalue weighted by molar-refractivity contribution is 7.89. The lowest BCUT2D eigenvalue weighted by atomic mass is 9.91. The van der Waals surface area contributed by atoms with E-state index in [1.807, 2.05) is 25.1 Å². The van der Waals surface area contributed by atoms with Crippen molar-refractivity contribution in [3.05, 3.63) is 81.8 Å². The van der Waals surface area contributed by atoms with E-state index >= 15 is 0 Å². The summed E-state index contributed by atoms with van der Waals surface area (Å²) >= 11 is 12.6. The van der Waals surface area contributed by atoms with E-state index in [0.717, 1.165) is 11.1 Å². The number of nitrogens with one attached hydrogen (secondary N) is 2. The third kappa shape index (κ3) is 6.01. The van der Waals surface area contributed by atoms with Crippen LogP contribution in [0.15, 0.2) is 65.6 Å². The first kappa shape index (κ1) is 25.8. The number of amides is 1. The molecule has 180 valence electrons. The lowest BCUT2D eigenvalue weighted by Crippen LogP contribution is -2.33. The second-order valence-electron chi connectivity index (χ2n) is 7.36.